The third-order valence-electron chi connectivity index (χ3n) is 4.52. The lowest BCUT2D eigenvalue weighted by atomic mass is 10.3. The molecule has 0 aliphatic rings. The summed E-state index contributed by atoms with van der Waals surface area (Å²) in [4.78, 5) is 31.5. The Morgan fingerprint density at radius 1 is 1.21 bits per heavy atom. The van der Waals surface area contributed by atoms with Gasteiger partial charge in [-0.1, -0.05) is 18.2 Å². The van der Waals surface area contributed by atoms with E-state index in [9.17, 15) is 9.59 Å². The van der Waals surface area contributed by atoms with Gasteiger partial charge in [0.15, 0.2) is 0 Å². The van der Waals surface area contributed by atoms with Crippen molar-refractivity contribution in [2.75, 3.05) is 7.05 Å². The molecular formula is C20H19N5O2S. The molecule has 0 saturated carbocycles. The number of benzene rings is 1. The van der Waals surface area contributed by atoms with Crippen LogP contribution in [-0.4, -0.2) is 37.2 Å². The average molecular weight is 393 g/mol. The summed E-state index contributed by atoms with van der Waals surface area (Å²) >= 11 is 1.43. The molecule has 0 fully saturated rings. The highest BCUT2D eigenvalue weighted by Gasteiger charge is 2.12. The fourth-order valence-electron chi connectivity index (χ4n) is 2.99. The summed E-state index contributed by atoms with van der Waals surface area (Å²) in [5.41, 5.74) is 1.81. The Labute approximate surface area is 165 Å². The van der Waals surface area contributed by atoms with Gasteiger partial charge >= 0.3 is 0 Å². The summed E-state index contributed by atoms with van der Waals surface area (Å²) in [7, 11) is 1.76. The quantitative estimate of drug-likeness (QED) is 0.505. The van der Waals surface area contributed by atoms with Crippen molar-refractivity contribution in [2.45, 2.75) is 19.5 Å². The summed E-state index contributed by atoms with van der Waals surface area (Å²) in [5, 5.41) is 6.80. The lowest BCUT2D eigenvalue weighted by Crippen LogP contribution is -2.29. The smallest absolute Gasteiger partial charge is 0.262 e. The van der Waals surface area contributed by atoms with Gasteiger partial charge in [0, 0.05) is 38.3 Å². The van der Waals surface area contributed by atoms with E-state index in [2.05, 4.69) is 10.1 Å². The van der Waals surface area contributed by atoms with Crippen molar-refractivity contribution in [1.82, 2.24) is 24.2 Å². The Morgan fingerprint density at radius 2 is 2.04 bits per heavy atom. The molecule has 3 aromatic heterocycles. The highest BCUT2D eigenvalue weighted by molar-refractivity contribution is 7.16. The second-order valence-corrected chi connectivity index (χ2v) is 7.41. The molecule has 4 aromatic rings. The first-order valence-electron chi connectivity index (χ1n) is 8.87. The number of carbonyl (C=O) groups is 1. The predicted molar refractivity (Wildman–Crippen MR) is 109 cm³/mol. The van der Waals surface area contributed by atoms with Gasteiger partial charge in [-0.25, -0.2) is 9.67 Å². The zero-order valence-corrected chi connectivity index (χ0v) is 16.2. The minimum atomic E-state index is -0.106. The SMILES string of the molecule is CN(Cc1cnn(-c2ccccc2)c1)C(=O)CCn1cnc2sccc2c1=O. The second kappa shape index (κ2) is 7.77. The zero-order valence-electron chi connectivity index (χ0n) is 15.4. The Morgan fingerprint density at radius 3 is 2.86 bits per heavy atom. The first-order valence-corrected chi connectivity index (χ1v) is 9.75. The normalized spacial score (nSPS) is 11.0. The van der Waals surface area contributed by atoms with E-state index in [4.69, 9.17) is 0 Å². The third-order valence-corrected chi connectivity index (χ3v) is 5.34. The number of thiophene rings is 1. The molecule has 0 aliphatic carbocycles. The van der Waals surface area contributed by atoms with Gasteiger partial charge in [0.1, 0.15) is 4.83 Å². The molecule has 1 amide bonds. The van der Waals surface area contributed by atoms with Gasteiger partial charge in [-0.2, -0.15) is 5.10 Å². The van der Waals surface area contributed by atoms with Crippen molar-refractivity contribution < 1.29 is 4.79 Å². The number of rotatable bonds is 6. The minimum Gasteiger partial charge on any atom is -0.341 e. The molecule has 28 heavy (non-hydrogen) atoms. The van der Waals surface area contributed by atoms with Gasteiger partial charge in [-0.3, -0.25) is 14.2 Å². The van der Waals surface area contributed by atoms with Crippen LogP contribution < -0.4 is 5.56 Å². The predicted octanol–water partition coefficient (Wildman–Crippen LogP) is 2.69. The maximum atomic E-state index is 12.5. The van der Waals surface area contributed by atoms with Crippen LogP contribution in [0.4, 0.5) is 0 Å². The largest absolute Gasteiger partial charge is 0.341 e. The van der Waals surface area contributed by atoms with Gasteiger partial charge in [0.25, 0.3) is 5.56 Å². The molecule has 0 saturated heterocycles. The van der Waals surface area contributed by atoms with Gasteiger partial charge in [-0.05, 0) is 23.6 Å². The van der Waals surface area contributed by atoms with Gasteiger partial charge < -0.3 is 4.90 Å². The first-order chi connectivity index (χ1) is 13.6. The lowest BCUT2D eigenvalue weighted by molar-refractivity contribution is -0.130. The number of amides is 1. The average Bonchev–Trinajstić information content (AvgIpc) is 3.38. The molecule has 142 valence electrons. The van der Waals surface area contributed by atoms with Gasteiger partial charge in [0.05, 0.1) is 23.6 Å². The molecule has 0 bridgehead atoms. The molecule has 7 nitrogen and oxygen atoms in total. The number of hydrogen-bond donors (Lipinski definition) is 0. The molecule has 3 heterocycles. The monoisotopic (exact) mass is 393 g/mol. The van der Waals surface area contributed by atoms with E-state index < -0.39 is 0 Å². The molecule has 8 heteroatoms. The maximum Gasteiger partial charge on any atom is 0.262 e. The second-order valence-electron chi connectivity index (χ2n) is 6.51. The van der Waals surface area contributed by atoms with Crippen molar-refractivity contribution in [1.29, 1.82) is 0 Å². The number of nitrogens with zero attached hydrogens (tertiary/aromatic N) is 5. The summed E-state index contributed by atoms with van der Waals surface area (Å²) in [6.07, 6.45) is 5.42. The third kappa shape index (κ3) is 3.72. The van der Waals surface area contributed by atoms with Crippen LogP contribution in [0.3, 0.4) is 0 Å². The molecule has 0 spiro atoms. The van der Waals surface area contributed by atoms with E-state index in [0.717, 1.165) is 16.1 Å². The molecule has 0 aliphatic heterocycles. The Balaban J connectivity index is 1.38. The summed E-state index contributed by atoms with van der Waals surface area (Å²) in [6.45, 7) is 0.770. The molecule has 4 rings (SSSR count). The molecule has 1 aromatic carbocycles. The fraction of sp³-hybridized carbons (Fsp3) is 0.200. The van der Waals surface area contributed by atoms with Crippen molar-refractivity contribution in [3.05, 3.63) is 76.4 Å². The van der Waals surface area contributed by atoms with Crippen LogP contribution in [0, 0.1) is 0 Å². The van der Waals surface area contributed by atoms with E-state index in [1.165, 1.54) is 22.2 Å². The summed E-state index contributed by atoms with van der Waals surface area (Å²) in [5.74, 6) is -0.0372. The van der Waals surface area contributed by atoms with Crippen LogP contribution in [0.2, 0.25) is 0 Å². The fourth-order valence-corrected chi connectivity index (χ4v) is 3.71. The summed E-state index contributed by atoms with van der Waals surface area (Å²) in [6, 6.07) is 11.6. The van der Waals surface area contributed by atoms with E-state index in [1.807, 2.05) is 41.9 Å². The minimum absolute atomic E-state index is 0.0372. The number of hydrogen-bond acceptors (Lipinski definition) is 5. The highest BCUT2D eigenvalue weighted by atomic mass is 32.1. The number of aryl methyl sites for hydroxylation is 1. The van der Waals surface area contributed by atoms with Gasteiger partial charge in [0.2, 0.25) is 5.91 Å². The van der Waals surface area contributed by atoms with Crippen molar-refractivity contribution in [2.24, 2.45) is 0 Å². The molecule has 0 atom stereocenters. The highest BCUT2D eigenvalue weighted by Crippen LogP contribution is 2.13. The Kier molecular flexibility index (Phi) is 5.03. The van der Waals surface area contributed by atoms with Crippen molar-refractivity contribution in [3.8, 4) is 5.69 Å². The standard InChI is InChI=1S/C20H19N5O2S/c1-23(12-15-11-22-25(13-15)16-5-3-2-4-6-16)18(26)7-9-24-14-21-19-17(20(24)27)8-10-28-19/h2-6,8,10-11,13-14H,7,9,12H2,1H3. The zero-order chi connectivity index (χ0) is 19.5. The first kappa shape index (κ1) is 18.1. The topological polar surface area (TPSA) is 73.0 Å². The maximum absolute atomic E-state index is 12.5. The van der Waals surface area contributed by atoms with E-state index in [-0.39, 0.29) is 17.9 Å². The van der Waals surface area contributed by atoms with E-state index >= 15 is 0 Å². The molecule has 0 unspecified atom stereocenters. The van der Waals surface area contributed by atoms with Crippen LogP contribution >= 0.6 is 11.3 Å². The number of carbonyl (C=O) groups excluding carboxylic acids is 1. The van der Waals surface area contributed by atoms with E-state index in [0.29, 0.717) is 18.5 Å². The van der Waals surface area contributed by atoms with Gasteiger partial charge in [-0.15, -0.1) is 11.3 Å². The van der Waals surface area contributed by atoms with Crippen LogP contribution in [0.5, 0.6) is 0 Å². The number of fused-ring (bicyclic) bond motifs is 1. The lowest BCUT2D eigenvalue weighted by Gasteiger charge is -2.16. The number of para-hydroxylation sites is 1. The van der Waals surface area contributed by atoms with Crippen LogP contribution in [-0.2, 0) is 17.9 Å². The van der Waals surface area contributed by atoms with E-state index in [1.54, 1.807) is 28.9 Å². The summed E-state index contributed by atoms with van der Waals surface area (Å²) < 4.78 is 3.28. The molecular weight excluding hydrogens is 374 g/mol. The van der Waals surface area contributed by atoms with Crippen molar-refractivity contribution >= 4 is 27.5 Å². The Hall–Kier alpha value is -3.26. The Bertz CT molecular complexity index is 1160. The van der Waals surface area contributed by atoms with Crippen molar-refractivity contribution in [3.63, 3.8) is 0 Å². The van der Waals surface area contributed by atoms with Crippen LogP contribution in [0.25, 0.3) is 15.9 Å². The van der Waals surface area contributed by atoms with Crippen LogP contribution in [0.1, 0.15) is 12.0 Å². The van der Waals surface area contributed by atoms with Crippen LogP contribution in [0.15, 0.2) is 65.3 Å². The molecule has 0 radical (unpaired) electrons. The molecule has 0 N–H and O–H groups in total. The number of aromatic nitrogens is 4.